The minimum absolute atomic E-state index is 0.0650. The predicted octanol–water partition coefficient (Wildman–Crippen LogP) is 6.45. The van der Waals surface area contributed by atoms with Crippen LogP contribution >= 0.6 is 11.3 Å². The number of hydrogen-bond donors (Lipinski definition) is 2. The lowest BCUT2D eigenvalue weighted by Crippen LogP contribution is -2.49. The van der Waals surface area contributed by atoms with Crippen LogP contribution in [0.25, 0.3) is 10.6 Å². The van der Waals surface area contributed by atoms with Gasteiger partial charge >= 0.3 is 24.1 Å². The number of nitrogens with one attached hydrogen (secondary N) is 1. The van der Waals surface area contributed by atoms with Crippen LogP contribution in [0.3, 0.4) is 0 Å². The normalized spacial score (nSPS) is 13.3. The second-order valence-electron chi connectivity index (χ2n) is 9.87. The monoisotopic (exact) mass is 599 g/mol. The van der Waals surface area contributed by atoms with Gasteiger partial charge in [-0.1, -0.05) is 30.4 Å². The molecule has 2 amide bonds. The minimum Gasteiger partial charge on any atom is -0.465 e. The third-order valence-corrected chi connectivity index (χ3v) is 6.70. The number of aromatic nitrogens is 2. The molecule has 0 bridgehead atoms. The highest BCUT2D eigenvalue weighted by Crippen LogP contribution is 2.34. The molecule has 0 unspecified atom stereocenters. The number of carbonyl (C=O) groups is 2. The van der Waals surface area contributed by atoms with Crippen molar-refractivity contribution < 1.29 is 41.9 Å². The number of amides is 2. The summed E-state index contributed by atoms with van der Waals surface area (Å²) in [7, 11) is 0. The van der Waals surface area contributed by atoms with E-state index in [9.17, 15) is 42.4 Å². The van der Waals surface area contributed by atoms with Crippen LogP contribution in [0.1, 0.15) is 44.7 Å². The lowest BCUT2D eigenvalue weighted by molar-refractivity contribution is -0.387. The van der Waals surface area contributed by atoms with E-state index in [-0.39, 0.29) is 22.2 Å². The summed E-state index contributed by atoms with van der Waals surface area (Å²) in [5, 5.41) is 30.7. The van der Waals surface area contributed by atoms with Crippen molar-refractivity contribution in [2.24, 2.45) is 0 Å². The third kappa shape index (κ3) is 8.09. The van der Waals surface area contributed by atoms with Crippen LogP contribution in [0, 0.1) is 15.9 Å². The van der Waals surface area contributed by atoms with Crippen LogP contribution in [-0.4, -0.2) is 50.6 Å². The molecule has 1 aromatic heterocycles. The molecule has 0 aliphatic rings. The second kappa shape index (κ2) is 12.0. The maximum Gasteiger partial charge on any atom is 0.416 e. The molecule has 0 fully saturated rings. The molecule has 16 heteroatoms. The molecule has 0 saturated heterocycles. The highest BCUT2D eigenvalue weighted by atomic mass is 32.1. The first-order valence-corrected chi connectivity index (χ1v) is 12.7. The van der Waals surface area contributed by atoms with Gasteiger partial charge in [0.1, 0.15) is 10.6 Å². The summed E-state index contributed by atoms with van der Waals surface area (Å²) in [6.45, 7) is 6.01. The van der Waals surface area contributed by atoms with E-state index in [1.807, 2.05) is 0 Å². The van der Waals surface area contributed by atoms with E-state index in [2.05, 4.69) is 15.5 Å². The van der Waals surface area contributed by atoms with Gasteiger partial charge in [-0.15, -0.1) is 10.2 Å². The minimum atomic E-state index is -4.56. The number of alkyl halides is 3. The molecule has 2 N–H and O–H groups in total. The van der Waals surface area contributed by atoms with E-state index < -0.39 is 57.9 Å². The Morgan fingerprint density at radius 3 is 2.29 bits per heavy atom. The Morgan fingerprint density at radius 1 is 1.15 bits per heavy atom. The zero-order chi connectivity index (χ0) is 30.7. The molecule has 0 saturated carbocycles. The van der Waals surface area contributed by atoms with E-state index in [4.69, 9.17) is 4.74 Å². The number of halogens is 4. The van der Waals surface area contributed by atoms with Crippen molar-refractivity contribution in [3.8, 4) is 10.6 Å². The number of rotatable bonds is 8. The summed E-state index contributed by atoms with van der Waals surface area (Å²) in [6.07, 6.45) is -6.93. The molecular weight excluding hydrogens is 574 g/mol. The number of nitrogens with zero attached hydrogens (tertiary/aromatic N) is 4. The average molecular weight is 600 g/mol. The molecular formula is C25H25F4N5O6S. The van der Waals surface area contributed by atoms with E-state index in [0.717, 1.165) is 40.5 Å². The molecule has 1 heterocycles. The topological polar surface area (TPSA) is 148 Å². The van der Waals surface area contributed by atoms with E-state index in [1.165, 1.54) is 18.2 Å². The van der Waals surface area contributed by atoms with E-state index in [0.29, 0.717) is 5.56 Å². The maximum absolute atomic E-state index is 14.2. The van der Waals surface area contributed by atoms with Crippen LogP contribution in [0.4, 0.5) is 38.0 Å². The molecule has 3 aromatic rings. The fourth-order valence-corrected chi connectivity index (χ4v) is 4.51. The van der Waals surface area contributed by atoms with E-state index in [1.54, 1.807) is 27.7 Å². The summed E-state index contributed by atoms with van der Waals surface area (Å²) in [4.78, 5) is 35.9. The highest BCUT2D eigenvalue weighted by Gasteiger charge is 2.33. The lowest BCUT2D eigenvalue weighted by Gasteiger charge is -2.31. The Morgan fingerprint density at radius 2 is 1.78 bits per heavy atom. The van der Waals surface area contributed by atoms with Crippen LogP contribution in [0.5, 0.6) is 0 Å². The SMILES string of the molecule is C[C@@H](c1ccc(C(F)(F)F)cc1)[C@@H](CN(C(=O)OC(C)(C)C)c1nnc(-c2ccc([N+](=O)[O-])c(F)c2)s1)NC(=O)O. The highest BCUT2D eigenvalue weighted by molar-refractivity contribution is 7.18. The number of benzene rings is 2. The number of carboxylic acid groups (broad SMARTS) is 1. The van der Waals surface area contributed by atoms with Crippen molar-refractivity contribution >= 4 is 34.3 Å². The van der Waals surface area contributed by atoms with Gasteiger partial charge in [-0.25, -0.2) is 14.5 Å². The third-order valence-electron chi connectivity index (χ3n) is 5.71. The fraction of sp³-hybridized carbons (Fsp3) is 0.360. The number of nitro groups is 1. The summed E-state index contributed by atoms with van der Waals surface area (Å²) in [6, 6.07) is 6.22. The quantitative estimate of drug-likeness (QED) is 0.170. The van der Waals surface area contributed by atoms with Crippen LogP contribution in [0.2, 0.25) is 0 Å². The number of anilines is 1. The van der Waals surface area contributed by atoms with Crippen LogP contribution in [0.15, 0.2) is 42.5 Å². The first-order chi connectivity index (χ1) is 19.0. The zero-order valence-electron chi connectivity index (χ0n) is 22.1. The van der Waals surface area contributed by atoms with Crippen LogP contribution in [-0.2, 0) is 10.9 Å². The van der Waals surface area contributed by atoms with Gasteiger partial charge in [0.2, 0.25) is 10.9 Å². The summed E-state index contributed by atoms with van der Waals surface area (Å²) in [5.41, 5.74) is -2.09. The maximum atomic E-state index is 14.2. The van der Waals surface area contributed by atoms with Gasteiger partial charge in [0.25, 0.3) is 0 Å². The molecule has 0 spiro atoms. The Balaban J connectivity index is 1.98. The number of ether oxygens (including phenoxy) is 1. The molecule has 2 atom stereocenters. The zero-order valence-corrected chi connectivity index (χ0v) is 22.9. The van der Waals surface area contributed by atoms with Crippen molar-refractivity contribution in [1.82, 2.24) is 15.5 Å². The van der Waals surface area contributed by atoms with Crippen LogP contribution < -0.4 is 10.2 Å². The lowest BCUT2D eigenvalue weighted by atomic mass is 9.92. The van der Waals surface area contributed by atoms with Crippen molar-refractivity contribution in [2.75, 3.05) is 11.4 Å². The molecule has 3 rings (SSSR count). The summed E-state index contributed by atoms with van der Waals surface area (Å²) in [5.74, 6) is -1.83. The van der Waals surface area contributed by atoms with Gasteiger partial charge < -0.3 is 15.2 Å². The Kier molecular flexibility index (Phi) is 9.16. The van der Waals surface area contributed by atoms with Crippen molar-refractivity contribution in [3.05, 3.63) is 69.5 Å². The fourth-order valence-electron chi connectivity index (χ4n) is 3.67. The second-order valence-corrected chi connectivity index (χ2v) is 10.8. The van der Waals surface area contributed by atoms with Crippen molar-refractivity contribution in [2.45, 2.75) is 51.4 Å². The van der Waals surface area contributed by atoms with Gasteiger partial charge in [-0.2, -0.15) is 17.6 Å². The Bertz CT molecular complexity index is 1430. The Hall–Kier alpha value is -4.34. The Labute approximate surface area is 234 Å². The van der Waals surface area contributed by atoms with Gasteiger partial charge in [0, 0.05) is 17.5 Å². The first-order valence-electron chi connectivity index (χ1n) is 11.9. The number of nitro benzene ring substituents is 1. The molecule has 0 radical (unpaired) electrons. The van der Waals surface area contributed by atoms with Gasteiger partial charge in [0.05, 0.1) is 23.1 Å². The molecule has 2 aromatic carbocycles. The van der Waals surface area contributed by atoms with Gasteiger partial charge in [-0.3, -0.25) is 10.1 Å². The summed E-state index contributed by atoms with van der Waals surface area (Å²) >= 11 is 0.811. The average Bonchev–Trinajstić information content (AvgIpc) is 3.34. The largest absolute Gasteiger partial charge is 0.465 e. The molecule has 0 aliphatic carbocycles. The first kappa shape index (κ1) is 31.2. The smallest absolute Gasteiger partial charge is 0.416 e. The molecule has 11 nitrogen and oxygen atoms in total. The molecule has 0 aliphatic heterocycles. The van der Waals surface area contributed by atoms with Crippen molar-refractivity contribution in [1.29, 1.82) is 0 Å². The van der Waals surface area contributed by atoms with Crippen molar-refractivity contribution in [3.63, 3.8) is 0 Å². The van der Waals surface area contributed by atoms with E-state index >= 15 is 0 Å². The van der Waals surface area contributed by atoms with Gasteiger partial charge in [0.15, 0.2) is 0 Å². The molecule has 220 valence electrons. The predicted molar refractivity (Wildman–Crippen MR) is 140 cm³/mol. The van der Waals surface area contributed by atoms with Gasteiger partial charge in [-0.05, 0) is 50.6 Å². The summed E-state index contributed by atoms with van der Waals surface area (Å²) < 4.78 is 58.7. The number of hydrogen-bond acceptors (Lipinski definition) is 8. The standard InChI is InChI=1S/C25H25F4N5O6S/c1-13(14-5-8-16(9-6-14)25(27,28)29)18(30-22(35)36)12-33(23(37)40-24(2,3)4)21-32-31-20(41-21)15-7-10-19(34(38)39)17(26)11-15/h5-11,13,18,30H,12H2,1-4H3,(H,35,36)/t13-,18+/m0/s1. The number of carbonyl (C=O) groups excluding carboxylic acids is 1. The molecule has 41 heavy (non-hydrogen) atoms.